The molecule has 0 aliphatic carbocycles. The molecule has 0 saturated carbocycles. The molecule has 0 fully saturated rings. The fourth-order valence-electron chi connectivity index (χ4n) is 1.72. The number of carbonyl (C=O) groups excluding carboxylic acids is 1. The van der Waals surface area contributed by atoms with Crippen LogP contribution in [0.15, 0.2) is 0 Å². The number of rotatable bonds is 11. The number of carbonyl (C=O) groups is 1. The Kier molecular flexibility index (Phi) is 10.3. The van der Waals surface area contributed by atoms with Crippen molar-refractivity contribution in [2.24, 2.45) is 5.92 Å². The summed E-state index contributed by atoms with van der Waals surface area (Å²) in [5.74, 6) is 0.171. The zero-order valence-corrected chi connectivity index (χ0v) is 13.6. The summed E-state index contributed by atoms with van der Waals surface area (Å²) in [6.07, 6.45) is -1.07. The molecule has 0 radical (unpaired) electrons. The molecule has 22 heavy (non-hydrogen) atoms. The van der Waals surface area contributed by atoms with Gasteiger partial charge in [0.25, 0.3) is 0 Å². The molecule has 0 unspecified atom stereocenters. The first-order chi connectivity index (χ1) is 10.4. The molecule has 8 nitrogen and oxygen atoms in total. The Balaban J connectivity index is 4.45. The van der Waals surface area contributed by atoms with Gasteiger partial charge in [0.05, 0.1) is 32.0 Å². The lowest BCUT2D eigenvalue weighted by atomic mass is 10.0. The highest BCUT2D eigenvalue weighted by Crippen LogP contribution is 2.14. The SMILES string of the molecule is CC(C)[C@@H](C)OC(=O)OCCN(CCO)C(CO)(CO)CO. The van der Waals surface area contributed by atoms with Crippen molar-refractivity contribution in [3.63, 3.8) is 0 Å². The van der Waals surface area contributed by atoms with Crippen molar-refractivity contribution in [1.82, 2.24) is 4.90 Å². The van der Waals surface area contributed by atoms with Crippen LogP contribution in [0.2, 0.25) is 0 Å². The predicted molar refractivity (Wildman–Crippen MR) is 79.4 cm³/mol. The molecule has 0 saturated heterocycles. The van der Waals surface area contributed by atoms with Gasteiger partial charge in [-0.25, -0.2) is 4.79 Å². The third-order valence-electron chi connectivity index (χ3n) is 3.73. The number of hydrogen-bond donors (Lipinski definition) is 4. The molecule has 0 bridgehead atoms. The Morgan fingerprint density at radius 1 is 1.05 bits per heavy atom. The molecule has 0 aliphatic rings. The van der Waals surface area contributed by atoms with Crippen molar-refractivity contribution in [1.29, 1.82) is 0 Å². The lowest BCUT2D eigenvalue weighted by Crippen LogP contribution is -2.58. The van der Waals surface area contributed by atoms with E-state index < -0.39 is 31.5 Å². The summed E-state index contributed by atoms with van der Waals surface area (Å²) in [6, 6.07) is 0. The first-order valence-electron chi connectivity index (χ1n) is 7.38. The summed E-state index contributed by atoms with van der Waals surface area (Å²) < 4.78 is 9.98. The third-order valence-corrected chi connectivity index (χ3v) is 3.73. The zero-order chi connectivity index (χ0) is 17.2. The van der Waals surface area contributed by atoms with Gasteiger partial charge in [-0.2, -0.15) is 0 Å². The molecule has 0 spiro atoms. The minimum Gasteiger partial charge on any atom is -0.433 e. The fourth-order valence-corrected chi connectivity index (χ4v) is 1.72. The van der Waals surface area contributed by atoms with Gasteiger partial charge in [0.2, 0.25) is 0 Å². The summed E-state index contributed by atoms with van der Waals surface area (Å²) in [6.45, 7) is 4.09. The van der Waals surface area contributed by atoms with Crippen LogP contribution in [0, 0.1) is 5.92 Å². The van der Waals surface area contributed by atoms with E-state index in [1.54, 1.807) is 6.92 Å². The summed E-state index contributed by atoms with van der Waals surface area (Å²) in [5, 5.41) is 37.2. The minimum atomic E-state index is -1.28. The lowest BCUT2D eigenvalue weighted by molar-refractivity contribution is -0.0624. The van der Waals surface area contributed by atoms with E-state index in [0.717, 1.165) is 0 Å². The summed E-state index contributed by atoms with van der Waals surface area (Å²) in [4.78, 5) is 13.0. The van der Waals surface area contributed by atoms with Gasteiger partial charge in [-0.15, -0.1) is 0 Å². The zero-order valence-electron chi connectivity index (χ0n) is 13.6. The quantitative estimate of drug-likeness (QED) is 0.365. The van der Waals surface area contributed by atoms with Crippen LogP contribution in [0.5, 0.6) is 0 Å². The third kappa shape index (κ3) is 6.45. The second-order valence-corrected chi connectivity index (χ2v) is 5.57. The van der Waals surface area contributed by atoms with E-state index in [4.69, 9.17) is 14.6 Å². The van der Waals surface area contributed by atoms with E-state index in [-0.39, 0.29) is 38.3 Å². The van der Waals surface area contributed by atoms with Crippen molar-refractivity contribution in [3.8, 4) is 0 Å². The number of nitrogens with zero attached hydrogens (tertiary/aromatic N) is 1. The van der Waals surface area contributed by atoms with Gasteiger partial charge >= 0.3 is 6.16 Å². The average molecular weight is 323 g/mol. The van der Waals surface area contributed by atoms with Crippen LogP contribution < -0.4 is 0 Å². The maximum absolute atomic E-state index is 11.5. The molecule has 0 aliphatic heterocycles. The van der Waals surface area contributed by atoms with Crippen molar-refractivity contribution in [2.45, 2.75) is 32.4 Å². The van der Waals surface area contributed by atoms with E-state index >= 15 is 0 Å². The molecular weight excluding hydrogens is 294 g/mol. The maximum Gasteiger partial charge on any atom is 0.508 e. The van der Waals surface area contributed by atoms with Crippen molar-refractivity contribution >= 4 is 6.16 Å². The lowest BCUT2D eigenvalue weighted by Gasteiger charge is -2.39. The normalized spacial score (nSPS) is 13.5. The van der Waals surface area contributed by atoms with Crippen LogP contribution in [0.25, 0.3) is 0 Å². The molecule has 1 atom stereocenters. The van der Waals surface area contributed by atoms with E-state index in [1.807, 2.05) is 13.8 Å². The van der Waals surface area contributed by atoms with Crippen LogP contribution in [-0.2, 0) is 9.47 Å². The Bertz CT molecular complexity index is 299. The Morgan fingerprint density at radius 2 is 1.59 bits per heavy atom. The van der Waals surface area contributed by atoms with Crippen LogP contribution >= 0.6 is 0 Å². The van der Waals surface area contributed by atoms with E-state index in [2.05, 4.69) is 0 Å². The van der Waals surface area contributed by atoms with Crippen molar-refractivity contribution < 1.29 is 34.7 Å². The van der Waals surface area contributed by atoms with Gasteiger partial charge in [0.1, 0.15) is 12.7 Å². The van der Waals surface area contributed by atoms with Crippen LogP contribution in [0.1, 0.15) is 20.8 Å². The summed E-state index contributed by atoms with van der Waals surface area (Å²) >= 11 is 0. The first kappa shape index (κ1) is 21.1. The summed E-state index contributed by atoms with van der Waals surface area (Å²) in [5.41, 5.74) is -1.28. The molecular formula is C14H29NO7. The standard InChI is InChI=1S/C14H29NO7/c1-11(2)12(3)22-13(20)21-7-5-15(4-6-16)14(8-17,9-18)10-19/h11-12,16-19H,4-10H2,1-3H3/t12-/m1/s1. The van der Waals surface area contributed by atoms with Gasteiger partial charge < -0.3 is 29.9 Å². The number of hydrogen-bond acceptors (Lipinski definition) is 8. The highest BCUT2D eigenvalue weighted by atomic mass is 16.7. The Labute approximate surface area is 131 Å². The number of β-amino-alcohol motifs (C(OH)–C–C–N with tert-alkyl or cyclic N) is 1. The predicted octanol–water partition coefficient (Wildman–Crippen LogP) is -0.806. The monoisotopic (exact) mass is 323 g/mol. The van der Waals surface area contributed by atoms with Gasteiger partial charge in [-0.3, -0.25) is 4.90 Å². The first-order valence-corrected chi connectivity index (χ1v) is 7.38. The highest BCUT2D eigenvalue weighted by molar-refractivity contribution is 5.60. The Morgan fingerprint density at radius 3 is 2.00 bits per heavy atom. The van der Waals surface area contributed by atoms with E-state index in [9.17, 15) is 20.1 Å². The molecule has 0 aromatic heterocycles. The molecule has 0 aromatic rings. The molecule has 0 amide bonds. The van der Waals surface area contributed by atoms with Crippen LogP contribution in [0.4, 0.5) is 4.79 Å². The van der Waals surface area contributed by atoms with E-state index in [0.29, 0.717) is 0 Å². The van der Waals surface area contributed by atoms with Gasteiger partial charge in [-0.05, 0) is 12.8 Å². The van der Waals surface area contributed by atoms with Gasteiger partial charge in [0, 0.05) is 13.1 Å². The smallest absolute Gasteiger partial charge is 0.433 e. The molecule has 8 heteroatoms. The largest absolute Gasteiger partial charge is 0.508 e. The van der Waals surface area contributed by atoms with E-state index in [1.165, 1.54) is 4.90 Å². The molecule has 132 valence electrons. The van der Waals surface area contributed by atoms with Crippen molar-refractivity contribution in [2.75, 3.05) is 46.1 Å². The highest BCUT2D eigenvalue weighted by Gasteiger charge is 2.35. The Hall–Kier alpha value is -0.930. The van der Waals surface area contributed by atoms with Gasteiger partial charge in [-0.1, -0.05) is 13.8 Å². The maximum atomic E-state index is 11.5. The second kappa shape index (κ2) is 10.7. The molecule has 0 aromatic carbocycles. The van der Waals surface area contributed by atoms with Crippen molar-refractivity contribution in [3.05, 3.63) is 0 Å². The molecule has 0 rings (SSSR count). The topological polar surface area (TPSA) is 120 Å². The second-order valence-electron chi connectivity index (χ2n) is 5.57. The van der Waals surface area contributed by atoms with Crippen LogP contribution in [-0.4, -0.2) is 89.2 Å². The molecule has 4 N–H and O–H groups in total. The average Bonchev–Trinajstić information content (AvgIpc) is 2.49. The number of aliphatic hydroxyl groups excluding tert-OH is 4. The van der Waals surface area contributed by atoms with Gasteiger partial charge in [0.15, 0.2) is 0 Å². The fraction of sp³-hybridized carbons (Fsp3) is 0.929. The van der Waals surface area contributed by atoms with Crippen LogP contribution in [0.3, 0.4) is 0 Å². The minimum absolute atomic E-state index is 0.0502. The number of ether oxygens (including phenoxy) is 2. The molecule has 0 heterocycles. The summed E-state index contributed by atoms with van der Waals surface area (Å²) in [7, 11) is 0. The number of aliphatic hydroxyl groups is 4.